The summed E-state index contributed by atoms with van der Waals surface area (Å²) < 4.78 is 0. The number of nitrogens with two attached hydrogens (primary N) is 1. The SMILES string of the molecule is Cc1nc(NCc2cccs2)nc(N[C@@H]2C[C@H](CN)[C@@H](O)[C@H]2O)c1-c1nc2c(s1)C=CCC2. The monoisotopic (exact) mass is 484 g/mol. The van der Waals surface area contributed by atoms with Gasteiger partial charge in [0.25, 0.3) is 0 Å². The molecule has 33 heavy (non-hydrogen) atoms. The Morgan fingerprint density at radius 3 is 2.82 bits per heavy atom. The minimum Gasteiger partial charge on any atom is -0.390 e. The van der Waals surface area contributed by atoms with Crippen molar-refractivity contribution >= 4 is 40.5 Å². The Labute approximate surface area is 200 Å². The second-order valence-electron chi connectivity index (χ2n) is 8.52. The van der Waals surface area contributed by atoms with Gasteiger partial charge in [-0.15, -0.1) is 22.7 Å². The summed E-state index contributed by atoms with van der Waals surface area (Å²) in [5, 5.41) is 30.6. The number of rotatable bonds is 7. The third kappa shape index (κ3) is 4.53. The van der Waals surface area contributed by atoms with Crippen LogP contribution in [-0.4, -0.2) is 50.0 Å². The molecule has 2 aliphatic rings. The number of thiophene rings is 1. The molecular weight excluding hydrogens is 456 g/mol. The summed E-state index contributed by atoms with van der Waals surface area (Å²) in [4.78, 5) is 16.8. The normalized spacial score (nSPS) is 24.1. The lowest BCUT2D eigenvalue weighted by molar-refractivity contribution is 0.0192. The Morgan fingerprint density at radius 1 is 1.21 bits per heavy atom. The van der Waals surface area contributed by atoms with Crippen molar-refractivity contribution in [3.05, 3.63) is 44.7 Å². The molecule has 3 aromatic heterocycles. The number of aryl methyl sites for hydroxylation is 2. The lowest BCUT2D eigenvalue weighted by Gasteiger charge is -2.21. The van der Waals surface area contributed by atoms with Crippen LogP contribution in [0.5, 0.6) is 0 Å². The lowest BCUT2D eigenvalue weighted by atomic mass is 10.1. The van der Waals surface area contributed by atoms with E-state index in [-0.39, 0.29) is 12.0 Å². The molecule has 174 valence electrons. The Kier molecular flexibility index (Phi) is 6.44. The Balaban J connectivity index is 1.50. The predicted molar refractivity (Wildman–Crippen MR) is 133 cm³/mol. The Bertz CT molecular complexity index is 1150. The van der Waals surface area contributed by atoms with Crippen molar-refractivity contribution in [1.29, 1.82) is 0 Å². The van der Waals surface area contributed by atoms with Crippen LogP contribution in [-0.2, 0) is 13.0 Å². The van der Waals surface area contributed by atoms with Crippen LogP contribution in [0.3, 0.4) is 0 Å². The number of aliphatic hydroxyl groups excluding tert-OH is 2. The van der Waals surface area contributed by atoms with Crippen LogP contribution in [0.2, 0.25) is 0 Å². The number of thiazole rings is 1. The highest BCUT2D eigenvalue weighted by atomic mass is 32.1. The van der Waals surface area contributed by atoms with Crippen molar-refractivity contribution in [3.63, 3.8) is 0 Å². The molecule has 0 bridgehead atoms. The van der Waals surface area contributed by atoms with E-state index in [0.29, 0.717) is 31.3 Å². The fourth-order valence-corrected chi connectivity index (χ4v) is 6.24. The highest BCUT2D eigenvalue weighted by Crippen LogP contribution is 2.38. The Hall–Kier alpha value is -2.37. The lowest BCUT2D eigenvalue weighted by Crippen LogP contribution is -2.36. The zero-order valence-electron chi connectivity index (χ0n) is 18.4. The minimum absolute atomic E-state index is 0.155. The highest BCUT2D eigenvalue weighted by Gasteiger charge is 2.41. The summed E-state index contributed by atoms with van der Waals surface area (Å²) in [5.41, 5.74) is 8.54. The molecule has 8 nitrogen and oxygen atoms in total. The summed E-state index contributed by atoms with van der Waals surface area (Å²) in [6.07, 6.45) is 5.02. The van der Waals surface area contributed by atoms with E-state index >= 15 is 0 Å². The molecule has 4 atom stereocenters. The maximum atomic E-state index is 10.6. The summed E-state index contributed by atoms with van der Waals surface area (Å²) in [6.45, 7) is 2.91. The van der Waals surface area contributed by atoms with E-state index in [4.69, 9.17) is 20.7 Å². The van der Waals surface area contributed by atoms with Gasteiger partial charge in [0, 0.05) is 10.8 Å². The van der Waals surface area contributed by atoms with E-state index in [0.717, 1.165) is 34.8 Å². The van der Waals surface area contributed by atoms with Crippen molar-refractivity contribution in [3.8, 4) is 10.6 Å². The van der Waals surface area contributed by atoms with Crippen molar-refractivity contribution < 1.29 is 10.2 Å². The van der Waals surface area contributed by atoms with E-state index in [9.17, 15) is 10.2 Å². The number of aliphatic hydroxyl groups is 2. The number of allylic oxidation sites excluding steroid dienone is 1. The topological polar surface area (TPSA) is 129 Å². The first-order valence-corrected chi connectivity index (χ1v) is 12.9. The third-order valence-corrected chi connectivity index (χ3v) is 8.23. The number of nitrogens with one attached hydrogen (secondary N) is 2. The van der Waals surface area contributed by atoms with Crippen LogP contribution in [0.1, 0.15) is 34.0 Å². The largest absolute Gasteiger partial charge is 0.390 e. The summed E-state index contributed by atoms with van der Waals surface area (Å²) in [6, 6.07) is 3.72. The highest BCUT2D eigenvalue weighted by molar-refractivity contribution is 7.16. The molecule has 0 amide bonds. The van der Waals surface area contributed by atoms with E-state index < -0.39 is 12.2 Å². The minimum atomic E-state index is -0.920. The van der Waals surface area contributed by atoms with Gasteiger partial charge in [-0.2, -0.15) is 4.98 Å². The van der Waals surface area contributed by atoms with Gasteiger partial charge in [0.1, 0.15) is 16.9 Å². The molecule has 0 radical (unpaired) electrons. The molecule has 2 aliphatic carbocycles. The molecule has 3 heterocycles. The number of anilines is 2. The standard InChI is InChI=1S/C23H28N6O2S2/c1-12-18(22-28-15-6-2-3-7-17(15)33-22)21(27-16-9-13(10-24)19(30)20(16)31)29-23(26-12)25-11-14-5-4-8-32-14/h3-5,7-8,13,16,19-20,30-31H,2,6,9-11,24H2,1H3,(H2,25,26,27,29)/t13-,16-,19-,20+/m1/s1. The van der Waals surface area contributed by atoms with Gasteiger partial charge in [-0.1, -0.05) is 12.1 Å². The van der Waals surface area contributed by atoms with Gasteiger partial charge in [0.2, 0.25) is 5.95 Å². The zero-order chi connectivity index (χ0) is 22.9. The van der Waals surface area contributed by atoms with Crippen molar-refractivity contribution in [2.24, 2.45) is 11.7 Å². The third-order valence-electron chi connectivity index (χ3n) is 6.28. The fraction of sp³-hybridized carbons (Fsp3) is 0.435. The molecule has 0 aromatic carbocycles. The number of hydrogen-bond donors (Lipinski definition) is 5. The van der Waals surface area contributed by atoms with Gasteiger partial charge in [-0.3, -0.25) is 0 Å². The fourth-order valence-electron chi connectivity index (χ4n) is 4.46. The molecule has 1 saturated carbocycles. The smallest absolute Gasteiger partial charge is 0.225 e. The molecule has 0 saturated heterocycles. The molecule has 6 N–H and O–H groups in total. The molecule has 0 aliphatic heterocycles. The van der Waals surface area contributed by atoms with Crippen molar-refractivity contribution in [2.75, 3.05) is 17.2 Å². The van der Waals surface area contributed by atoms with Gasteiger partial charge in [-0.25, -0.2) is 9.97 Å². The first kappa shape index (κ1) is 22.4. The molecule has 5 rings (SSSR count). The first-order valence-electron chi connectivity index (χ1n) is 11.2. The molecule has 0 spiro atoms. The molecule has 1 fully saturated rings. The van der Waals surface area contributed by atoms with Crippen LogP contribution in [0.25, 0.3) is 16.6 Å². The van der Waals surface area contributed by atoms with Crippen molar-refractivity contribution in [2.45, 2.75) is 51.0 Å². The number of hydrogen-bond acceptors (Lipinski definition) is 10. The van der Waals surface area contributed by atoms with Crippen molar-refractivity contribution in [1.82, 2.24) is 15.0 Å². The van der Waals surface area contributed by atoms with E-state index in [2.05, 4.69) is 28.9 Å². The number of fused-ring (bicyclic) bond motifs is 1. The van der Waals surface area contributed by atoms with Crippen LogP contribution in [0, 0.1) is 12.8 Å². The van der Waals surface area contributed by atoms with Gasteiger partial charge in [0.15, 0.2) is 0 Å². The predicted octanol–water partition coefficient (Wildman–Crippen LogP) is 3.02. The summed E-state index contributed by atoms with van der Waals surface area (Å²) >= 11 is 3.30. The first-order chi connectivity index (χ1) is 16.0. The van der Waals surface area contributed by atoms with Crippen LogP contribution in [0.4, 0.5) is 11.8 Å². The van der Waals surface area contributed by atoms with Crippen LogP contribution in [0.15, 0.2) is 23.6 Å². The van der Waals surface area contributed by atoms with Crippen LogP contribution < -0.4 is 16.4 Å². The number of aromatic nitrogens is 3. The molecule has 10 heteroatoms. The molecule has 0 unspecified atom stereocenters. The zero-order valence-corrected chi connectivity index (χ0v) is 20.0. The van der Waals surface area contributed by atoms with E-state index in [1.54, 1.807) is 22.7 Å². The van der Waals surface area contributed by atoms with Gasteiger partial charge < -0.3 is 26.6 Å². The maximum Gasteiger partial charge on any atom is 0.225 e. The van der Waals surface area contributed by atoms with Crippen LogP contribution >= 0.6 is 22.7 Å². The second kappa shape index (κ2) is 9.47. The van der Waals surface area contributed by atoms with Gasteiger partial charge in [0.05, 0.1) is 40.5 Å². The maximum absolute atomic E-state index is 10.6. The van der Waals surface area contributed by atoms with E-state index in [1.165, 1.54) is 9.75 Å². The summed E-state index contributed by atoms with van der Waals surface area (Å²) in [7, 11) is 0. The van der Waals surface area contributed by atoms with E-state index in [1.807, 2.05) is 18.4 Å². The molecular formula is C23H28N6O2S2. The number of nitrogens with zero attached hydrogens (tertiary/aromatic N) is 3. The Morgan fingerprint density at radius 2 is 2.09 bits per heavy atom. The van der Waals surface area contributed by atoms with Gasteiger partial charge in [-0.05, 0) is 50.3 Å². The van der Waals surface area contributed by atoms with Gasteiger partial charge >= 0.3 is 0 Å². The average Bonchev–Trinajstić information content (AvgIpc) is 3.53. The average molecular weight is 485 g/mol. The quantitative estimate of drug-likeness (QED) is 0.346. The summed E-state index contributed by atoms with van der Waals surface area (Å²) in [5.74, 6) is 0.967. The molecule has 3 aromatic rings. The second-order valence-corrected chi connectivity index (χ2v) is 10.6.